The molecule has 0 unspecified atom stereocenters. The van der Waals surface area contributed by atoms with E-state index in [9.17, 15) is 9.90 Å². The third-order valence-electron chi connectivity index (χ3n) is 5.82. The molecule has 1 amide bonds. The molecule has 0 spiro atoms. The first-order valence-electron chi connectivity index (χ1n) is 8.71. The maximum Gasteiger partial charge on any atom is 0.263 e. The number of piperidine rings is 1. The molecule has 2 fully saturated rings. The first-order valence-corrected chi connectivity index (χ1v) is 9.59. The Labute approximate surface area is 143 Å². The molecule has 2 atom stereocenters. The van der Waals surface area contributed by atoms with E-state index in [-0.39, 0.29) is 11.8 Å². The van der Waals surface area contributed by atoms with Crippen molar-refractivity contribution >= 4 is 17.2 Å². The van der Waals surface area contributed by atoms with Crippen LogP contribution in [0.15, 0.2) is 17.5 Å². The largest absolute Gasteiger partial charge is 0.388 e. The lowest BCUT2D eigenvalue weighted by Gasteiger charge is -2.37. The van der Waals surface area contributed by atoms with Crippen LogP contribution >= 0.6 is 11.3 Å². The number of hydrogen-bond donors (Lipinski definition) is 1. The van der Waals surface area contributed by atoms with Gasteiger partial charge in [0, 0.05) is 32.2 Å². The van der Waals surface area contributed by atoms with E-state index in [4.69, 9.17) is 0 Å². The smallest absolute Gasteiger partial charge is 0.263 e. The Balaban J connectivity index is 1.57. The van der Waals surface area contributed by atoms with Crippen LogP contribution < -0.4 is 0 Å². The third kappa shape index (κ3) is 3.19. The number of carbonyl (C=O) groups excluding carboxylic acids is 1. The first kappa shape index (κ1) is 16.9. The molecular formula is C18H28N2O2S. The molecule has 23 heavy (non-hydrogen) atoms. The highest BCUT2D eigenvalue weighted by Crippen LogP contribution is 2.36. The Bertz CT molecular complexity index is 537. The van der Waals surface area contributed by atoms with Crippen molar-refractivity contribution in [2.45, 2.75) is 45.3 Å². The summed E-state index contributed by atoms with van der Waals surface area (Å²) in [6.07, 6.45) is 2.02. The number of rotatable bonds is 3. The van der Waals surface area contributed by atoms with Crippen LogP contribution in [0.5, 0.6) is 0 Å². The Morgan fingerprint density at radius 2 is 2.09 bits per heavy atom. The molecule has 1 aromatic rings. The van der Waals surface area contributed by atoms with Gasteiger partial charge < -0.3 is 10.0 Å². The first-order chi connectivity index (χ1) is 10.9. The monoisotopic (exact) mass is 336 g/mol. The van der Waals surface area contributed by atoms with Crippen molar-refractivity contribution in [3.8, 4) is 0 Å². The van der Waals surface area contributed by atoms with Crippen LogP contribution in [0.25, 0.3) is 0 Å². The van der Waals surface area contributed by atoms with Crippen LogP contribution in [0, 0.1) is 11.8 Å². The molecule has 128 valence electrons. The summed E-state index contributed by atoms with van der Waals surface area (Å²) < 4.78 is 0. The summed E-state index contributed by atoms with van der Waals surface area (Å²) in [7, 11) is 0. The molecule has 0 bridgehead atoms. The number of carbonyl (C=O) groups is 1. The van der Waals surface area contributed by atoms with Gasteiger partial charge in [-0.15, -0.1) is 11.3 Å². The molecule has 3 rings (SSSR count). The zero-order chi connectivity index (χ0) is 16.6. The SMILES string of the molecule is CC(C)[C@]1(O)CN(C2CCN(C(=O)c3cccs3)CC2)C[C@H]1C. The molecule has 1 N–H and O–H groups in total. The van der Waals surface area contributed by atoms with Crippen LogP contribution in [-0.4, -0.2) is 58.6 Å². The van der Waals surface area contributed by atoms with Crippen LogP contribution in [0.1, 0.15) is 43.3 Å². The predicted molar refractivity (Wildman–Crippen MR) is 93.8 cm³/mol. The summed E-state index contributed by atoms with van der Waals surface area (Å²) in [4.78, 5) is 17.7. The lowest BCUT2D eigenvalue weighted by atomic mass is 9.82. The Morgan fingerprint density at radius 3 is 2.61 bits per heavy atom. The van der Waals surface area contributed by atoms with Gasteiger partial charge in [0.15, 0.2) is 0 Å². The second kappa shape index (κ2) is 6.54. The van der Waals surface area contributed by atoms with E-state index in [1.807, 2.05) is 22.4 Å². The van der Waals surface area contributed by atoms with Gasteiger partial charge in [0.05, 0.1) is 10.5 Å². The van der Waals surface area contributed by atoms with Crippen molar-refractivity contribution in [1.82, 2.24) is 9.80 Å². The lowest BCUT2D eigenvalue weighted by Crippen LogP contribution is -2.48. The summed E-state index contributed by atoms with van der Waals surface area (Å²) in [6, 6.07) is 4.34. The normalized spacial score (nSPS) is 30.3. The number of aliphatic hydroxyl groups is 1. The minimum Gasteiger partial charge on any atom is -0.388 e. The summed E-state index contributed by atoms with van der Waals surface area (Å²) >= 11 is 1.52. The van der Waals surface area contributed by atoms with Crippen molar-refractivity contribution in [1.29, 1.82) is 0 Å². The molecule has 4 nitrogen and oxygen atoms in total. The topological polar surface area (TPSA) is 43.8 Å². The van der Waals surface area contributed by atoms with E-state index in [1.54, 1.807) is 0 Å². The maximum absolute atomic E-state index is 12.4. The van der Waals surface area contributed by atoms with E-state index < -0.39 is 5.60 Å². The minimum absolute atomic E-state index is 0.173. The van der Waals surface area contributed by atoms with Gasteiger partial charge in [0.1, 0.15) is 0 Å². The average Bonchev–Trinajstić information content (AvgIpc) is 3.16. The van der Waals surface area contributed by atoms with Crippen LogP contribution in [0.2, 0.25) is 0 Å². The standard InChI is InChI=1S/C18H28N2O2S/c1-13(2)18(22)12-20(11-14(18)3)15-6-8-19(9-7-15)17(21)16-5-4-10-23-16/h4-5,10,13-15,22H,6-9,11-12H2,1-3H3/t14-,18-/m1/s1. The second-order valence-corrected chi connectivity index (χ2v) is 8.42. The predicted octanol–water partition coefficient (Wildman–Crippen LogP) is 2.69. The Morgan fingerprint density at radius 1 is 1.39 bits per heavy atom. The number of β-amino-alcohol motifs (C(OH)–C–C–N with tert-alkyl or cyclic N) is 1. The Hall–Kier alpha value is -0.910. The van der Waals surface area contributed by atoms with Gasteiger partial charge in [-0.25, -0.2) is 0 Å². The summed E-state index contributed by atoms with van der Waals surface area (Å²) in [5.41, 5.74) is -0.566. The molecule has 2 aliphatic rings. The fourth-order valence-corrected chi connectivity index (χ4v) is 4.77. The van der Waals surface area contributed by atoms with Gasteiger partial charge in [-0.3, -0.25) is 9.69 Å². The molecule has 5 heteroatoms. The van der Waals surface area contributed by atoms with Gasteiger partial charge in [-0.1, -0.05) is 26.8 Å². The van der Waals surface area contributed by atoms with Crippen molar-refractivity contribution in [3.63, 3.8) is 0 Å². The van der Waals surface area contributed by atoms with E-state index in [0.717, 1.165) is 43.9 Å². The number of hydrogen-bond acceptors (Lipinski definition) is 4. The van der Waals surface area contributed by atoms with Gasteiger partial charge in [-0.2, -0.15) is 0 Å². The van der Waals surface area contributed by atoms with E-state index in [0.29, 0.717) is 12.0 Å². The van der Waals surface area contributed by atoms with E-state index >= 15 is 0 Å². The fraction of sp³-hybridized carbons (Fsp3) is 0.722. The number of likely N-dealkylation sites (tertiary alicyclic amines) is 2. The highest BCUT2D eigenvalue weighted by atomic mass is 32.1. The van der Waals surface area contributed by atoms with Crippen LogP contribution in [-0.2, 0) is 0 Å². The molecule has 2 aliphatic heterocycles. The third-order valence-corrected chi connectivity index (χ3v) is 6.68. The van der Waals surface area contributed by atoms with Crippen molar-refractivity contribution in [2.75, 3.05) is 26.2 Å². The van der Waals surface area contributed by atoms with Crippen LogP contribution in [0.4, 0.5) is 0 Å². The fourth-order valence-electron chi connectivity index (χ4n) is 4.08. The number of amides is 1. The van der Waals surface area contributed by atoms with Crippen molar-refractivity contribution in [3.05, 3.63) is 22.4 Å². The lowest BCUT2D eigenvalue weighted by molar-refractivity contribution is -0.0286. The van der Waals surface area contributed by atoms with E-state index in [2.05, 4.69) is 25.7 Å². The summed E-state index contributed by atoms with van der Waals surface area (Å²) in [6.45, 7) is 9.78. The number of nitrogens with zero attached hydrogens (tertiary/aromatic N) is 2. The van der Waals surface area contributed by atoms with Gasteiger partial charge in [0.2, 0.25) is 0 Å². The number of thiophene rings is 1. The maximum atomic E-state index is 12.4. The quantitative estimate of drug-likeness (QED) is 0.923. The molecule has 2 saturated heterocycles. The Kier molecular flexibility index (Phi) is 4.81. The zero-order valence-electron chi connectivity index (χ0n) is 14.4. The molecule has 0 radical (unpaired) electrons. The van der Waals surface area contributed by atoms with Crippen molar-refractivity contribution < 1.29 is 9.90 Å². The highest BCUT2D eigenvalue weighted by molar-refractivity contribution is 7.12. The van der Waals surface area contributed by atoms with Gasteiger partial charge in [0.25, 0.3) is 5.91 Å². The van der Waals surface area contributed by atoms with E-state index in [1.165, 1.54) is 11.3 Å². The van der Waals surface area contributed by atoms with Crippen LogP contribution in [0.3, 0.4) is 0 Å². The minimum atomic E-state index is -0.566. The average molecular weight is 337 g/mol. The summed E-state index contributed by atoms with van der Waals surface area (Å²) in [5, 5.41) is 12.9. The molecule has 0 aromatic carbocycles. The molecule has 0 saturated carbocycles. The molecular weight excluding hydrogens is 308 g/mol. The van der Waals surface area contributed by atoms with Gasteiger partial charge in [-0.05, 0) is 36.1 Å². The van der Waals surface area contributed by atoms with Gasteiger partial charge >= 0.3 is 0 Å². The zero-order valence-corrected chi connectivity index (χ0v) is 15.2. The summed E-state index contributed by atoms with van der Waals surface area (Å²) in [5.74, 6) is 0.767. The molecule has 0 aliphatic carbocycles. The van der Waals surface area contributed by atoms with Crippen molar-refractivity contribution in [2.24, 2.45) is 11.8 Å². The molecule has 1 aromatic heterocycles. The highest BCUT2D eigenvalue weighted by Gasteiger charge is 2.46. The molecule has 3 heterocycles. The second-order valence-electron chi connectivity index (χ2n) is 7.48.